The van der Waals surface area contributed by atoms with Crippen molar-refractivity contribution < 1.29 is 0 Å². The second-order valence-electron chi connectivity index (χ2n) is 15.7. The lowest BCUT2D eigenvalue weighted by atomic mass is 9.70. The highest BCUT2D eigenvalue weighted by molar-refractivity contribution is 6.00. The van der Waals surface area contributed by atoms with Crippen LogP contribution in [0.2, 0.25) is 0 Å². The molecule has 0 saturated carbocycles. The lowest BCUT2D eigenvalue weighted by Crippen LogP contribution is -2.25. The van der Waals surface area contributed by atoms with Crippen molar-refractivity contribution in [1.82, 2.24) is 9.97 Å². The molecule has 12 rings (SSSR count). The van der Waals surface area contributed by atoms with Crippen LogP contribution in [-0.2, 0) is 5.41 Å². The Hall–Kier alpha value is -7.68. The van der Waals surface area contributed by atoms with Gasteiger partial charge >= 0.3 is 0 Å². The molecule has 2 nitrogen and oxygen atoms in total. The van der Waals surface area contributed by atoms with Gasteiger partial charge < -0.3 is 0 Å². The van der Waals surface area contributed by atoms with E-state index in [4.69, 9.17) is 9.97 Å². The van der Waals surface area contributed by atoms with Crippen molar-refractivity contribution in [1.29, 1.82) is 0 Å². The molecule has 0 saturated heterocycles. The summed E-state index contributed by atoms with van der Waals surface area (Å²) in [6, 6.07) is 79.2. The minimum atomic E-state index is -0.444. The van der Waals surface area contributed by atoms with Crippen LogP contribution in [0.1, 0.15) is 22.3 Å². The summed E-state index contributed by atoms with van der Waals surface area (Å²) in [4.78, 5) is 11.0. The molecule has 0 aliphatic heterocycles. The van der Waals surface area contributed by atoms with Crippen molar-refractivity contribution in [2.45, 2.75) is 5.41 Å². The van der Waals surface area contributed by atoms with Crippen LogP contribution in [0, 0.1) is 0 Å². The maximum atomic E-state index is 5.57. The second kappa shape index (κ2) is 13.2. The van der Waals surface area contributed by atoms with E-state index < -0.39 is 5.41 Å². The van der Waals surface area contributed by atoms with Gasteiger partial charge in [-0.05, 0) is 108 Å². The van der Waals surface area contributed by atoms with Crippen LogP contribution < -0.4 is 0 Å². The number of rotatable bonds is 5. The SMILES string of the molecule is c1ccc(-c2cc(-c3ccccc3)cc(-c3nc(-c4ccc5ccccc5c4)cc(-c4cccc5c4-c4ccccc4C54c5ccccc5-c5ccccc54)n3)c2)cc1. The Bertz CT molecular complexity index is 3170. The third-order valence-corrected chi connectivity index (χ3v) is 12.5. The van der Waals surface area contributed by atoms with E-state index in [0.717, 1.165) is 50.3 Å². The minimum absolute atomic E-state index is 0.444. The zero-order valence-corrected chi connectivity index (χ0v) is 32.2. The third kappa shape index (κ3) is 5.13. The van der Waals surface area contributed by atoms with Gasteiger partial charge in [0.25, 0.3) is 0 Å². The fourth-order valence-electron chi connectivity index (χ4n) is 9.92. The number of aromatic nitrogens is 2. The zero-order chi connectivity index (χ0) is 38.9. The Morgan fingerprint density at radius 2 is 0.763 bits per heavy atom. The van der Waals surface area contributed by atoms with E-state index in [1.807, 2.05) is 0 Å². The normalized spacial score (nSPS) is 12.9. The lowest BCUT2D eigenvalue weighted by molar-refractivity contribution is 0.794. The van der Waals surface area contributed by atoms with Crippen molar-refractivity contribution in [3.63, 3.8) is 0 Å². The highest BCUT2D eigenvalue weighted by atomic mass is 14.9. The van der Waals surface area contributed by atoms with Crippen LogP contribution >= 0.6 is 0 Å². The summed E-state index contributed by atoms with van der Waals surface area (Å²) in [5.41, 5.74) is 19.3. The Balaban J connectivity index is 1.14. The molecular weight excluding hydrogens is 713 g/mol. The largest absolute Gasteiger partial charge is 0.228 e. The molecule has 1 heterocycles. The summed E-state index contributed by atoms with van der Waals surface area (Å²) >= 11 is 0. The zero-order valence-electron chi connectivity index (χ0n) is 32.2. The first-order valence-electron chi connectivity index (χ1n) is 20.3. The highest BCUT2D eigenvalue weighted by Crippen LogP contribution is 2.63. The Morgan fingerprint density at radius 3 is 1.42 bits per heavy atom. The number of hydrogen-bond acceptors (Lipinski definition) is 2. The van der Waals surface area contributed by atoms with Gasteiger partial charge in [-0.15, -0.1) is 0 Å². The maximum Gasteiger partial charge on any atom is 0.160 e. The summed E-state index contributed by atoms with van der Waals surface area (Å²) < 4.78 is 0. The predicted molar refractivity (Wildman–Crippen MR) is 243 cm³/mol. The number of nitrogens with zero attached hydrogens (tertiary/aromatic N) is 2. The van der Waals surface area contributed by atoms with Gasteiger partial charge in [0.1, 0.15) is 0 Å². The molecular formula is C57H36N2. The van der Waals surface area contributed by atoms with E-state index in [1.54, 1.807) is 0 Å². The van der Waals surface area contributed by atoms with Gasteiger partial charge in [-0.1, -0.05) is 188 Å². The Morgan fingerprint density at radius 1 is 0.271 bits per heavy atom. The number of benzene rings is 9. The van der Waals surface area contributed by atoms with E-state index in [-0.39, 0.29) is 0 Å². The van der Waals surface area contributed by atoms with Crippen molar-refractivity contribution in [3.05, 3.63) is 241 Å². The summed E-state index contributed by atoms with van der Waals surface area (Å²) in [7, 11) is 0. The van der Waals surface area contributed by atoms with Gasteiger partial charge in [0.2, 0.25) is 0 Å². The molecule has 0 fully saturated rings. The standard InChI is InChI=1S/C57H36N2/c1-3-16-37(17-4-1)42-33-43(38-18-5-2-6-19-38)35-44(34-42)56-58-53(41-31-30-39-20-7-8-21-40(39)32-41)36-54(59-56)48-25-15-29-52-55(48)47-24-11-14-28-51(47)57(52)49-26-12-9-22-45(49)46-23-10-13-27-50(46)57/h1-36H. The summed E-state index contributed by atoms with van der Waals surface area (Å²) in [5, 5.41) is 2.38. The maximum absolute atomic E-state index is 5.57. The van der Waals surface area contributed by atoms with Gasteiger partial charge in [-0.2, -0.15) is 0 Å². The van der Waals surface area contributed by atoms with E-state index in [1.165, 1.54) is 55.3 Å². The van der Waals surface area contributed by atoms with Crippen molar-refractivity contribution in [3.8, 4) is 78.4 Å². The molecule has 0 bridgehead atoms. The summed E-state index contributed by atoms with van der Waals surface area (Å²) in [5.74, 6) is 0.691. The van der Waals surface area contributed by atoms with Gasteiger partial charge in [0, 0.05) is 16.7 Å². The summed E-state index contributed by atoms with van der Waals surface area (Å²) in [6.45, 7) is 0. The molecule has 0 amide bonds. The van der Waals surface area contributed by atoms with Crippen LogP contribution in [0.5, 0.6) is 0 Å². The van der Waals surface area contributed by atoms with Gasteiger partial charge in [-0.25, -0.2) is 9.97 Å². The van der Waals surface area contributed by atoms with Gasteiger partial charge in [-0.3, -0.25) is 0 Å². The molecule has 0 atom stereocenters. The molecule has 0 unspecified atom stereocenters. The van der Waals surface area contributed by atoms with Gasteiger partial charge in [0.05, 0.1) is 16.8 Å². The minimum Gasteiger partial charge on any atom is -0.228 e. The van der Waals surface area contributed by atoms with Crippen LogP contribution in [0.25, 0.3) is 89.2 Å². The van der Waals surface area contributed by atoms with E-state index in [2.05, 4.69) is 218 Å². The molecule has 1 spiro atoms. The topological polar surface area (TPSA) is 25.8 Å². The Kier molecular flexibility index (Phi) is 7.48. The molecule has 0 radical (unpaired) electrons. The average molecular weight is 749 g/mol. The average Bonchev–Trinajstić information content (AvgIpc) is 3.79. The van der Waals surface area contributed by atoms with Crippen molar-refractivity contribution >= 4 is 10.8 Å². The molecule has 274 valence electrons. The van der Waals surface area contributed by atoms with Gasteiger partial charge in [0.15, 0.2) is 5.82 Å². The van der Waals surface area contributed by atoms with E-state index in [0.29, 0.717) is 5.82 Å². The van der Waals surface area contributed by atoms with Crippen molar-refractivity contribution in [2.24, 2.45) is 0 Å². The molecule has 1 aromatic heterocycles. The quantitative estimate of drug-likeness (QED) is 0.175. The summed E-state index contributed by atoms with van der Waals surface area (Å²) in [6.07, 6.45) is 0. The Labute approximate surface area is 343 Å². The van der Waals surface area contributed by atoms with Crippen LogP contribution in [0.15, 0.2) is 218 Å². The van der Waals surface area contributed by atoms with Crippen LogP contribution in [-0.4, -0.2) is 9.97 Å². The smallest absolute Gasteiger partial charge is 0.160 e. The molecule has 10 aromatic rings. The lowest BCUT2D eigenvalue weighted by Gasteiger charge is -2.30. The first kappa shape index (κ1) is 33.5. The first-order valence-corrected chi connectivity index (χ1v) is 20.3. The fraction of sp³-hybridized carbons (Fsp3) is 0.0175. The van der Waals surface area contributed by atoms with Crippen molar-refractivity contribution in [2.75, 3.05) is 0 Å². The molecule has 2 aliphatic rings. The predicted octanol–water partition coefficient (Wildman–Crippen LogP) is 14.3. The fourth-order valence-corrected chi connectivity index (χ4v) is 9.92. The molecule has 9 aromatic carbocycles. The van der Waals surface area contributed by atoms with E-state index >= 15 is 0 Å². The molecule has 0 N–H and O–H groups in total. The van der Waals surface area contributed by atoms with Crippen LogP contribution in [0.3, 0.4) is 0 Å². The van der Waals surface area contributed by atoms with E-state index in [9.17, 15) is 0 Å². The molecule has 2 aliphatic carbocycles. The third-order valence-electron chi connectivity index (χ3n) is 12.5. The number of fused-ring (bicyclic) bond motifs is 11. The monoisotopic (exact) mass is 748 g/mol. The highest BCUT2D eigenvalue weighted by Gasteiger charge is 2.52. The number of hydrogen-bond donors (Lipinski definition) is 0. The molecule has 2 heteroatoms. The molecule has 59 heavy (non-hydrogen) atoms. The first-order chi connectivity index (χ1) is 29.2. The second-order valence-corrected chi connectivity index (χ2v) is 15.7. The van der Waals surface area contributed by atoms with Crippen LogP contribution in [0.4, 0.5) is 0 Å².